The lowest BCUT2D eigenvalue weighted by molar-refractivity contribution is -0.122. The molecule has 2 aromatic carbocycles. The second-order valence-electron chi connectivity index (χ2n) is 5.84. The molecule has 1 aromatic heterocycles. The number of para-hydroxylation sites is 2. The van der Waals surface area contributed by atoms with Crippen LogP contribution in [-0.2, 0) is 4.79 Å². The van der Waals surface area contributed by atoms with Gasteiger partial charge >= 0.3 is 0 Å². The van der Waals surface area contributed by atoms with Gasteiger partial charge in [0.2, 0.25) is 5.91 Å². The maximum atomic E-state index is 12.1. The Kier molecular flexibility index (Phi) is 4.85. The van der Waals surface area contributed by atoms with Crippen molar-refractivity contribution in [1.82, 2.24) is 5.32 Å². The number of hydrogen-bond donors (Lipinski definition) is 1. The third-order valence-electron chi connectivity index (χ3n) is 3.93. The summed E-state index contributed by atoms with van der Waals surface area (Å²) in [6.45, 7) is 4.25. The highest BCUT2D eigenvalue weighted by molar-refractivity contribution is 5.79. The molecule has 0 radical (unpaired) electrons. The summed E-state index contributed by atoms with van der Waals surface area (Å²) in [6.07, 6.45) is 0.304. The Hall–Kier alpha value is -2.75. The molecule has 4 nitrogen and oxygen atoms in total. The molecule has 0 unspecified atom stereocenters. The van der Waals surface area contributed by atoms with E-state index in [1.54, 1.807) is 0 Å². The fourth-order valence-corrected chi connectivity index (χ4v) is 2.57. The van der Waals surface area contributed by atoms with Gasteiger partial charge in [-0.05, 0) is 37.6 Å². The predicted octanol–water partition coefficient (Wildman–Crippen LogP) is 4.39. The normalized spacial score (nSPS) is 12.1. The fourth-order valence-electron chi connectivity index (χ4n) is 2.57. The molecule has 3 aromatic rings. The van der Waals surface area contributed by atoms with Crippen molar-refractivity contribution in [2.24, 2.45) is 0 Å². The average molecular weight is 323 g/mol. The lowest BCUT2D eigenvalue weighted by Crippen LogP contribution is -2.27. The van der Waals surface area contributed by atoms with Gasteiger partial charge in [0.25, 0.3) is 0 Å². The molecule has 0 spiro atoms. The van der Waals surface area contributed by atoms with Crippen LogP contribution in [0.3, 0.4) is 0 Å². The minimum atomic E-state index is -0.177. The van der Waals surface area contributed by atoms with Gasteiger partial charge < -0.3 is 14.5 Å². The van der Waals surface area contributed by atoms with Crippen LogP contribution in [0.4, 0.5) is 0 Å². The molecule has 0 aliphatic heterocycles. The molecule has 0 aliphatic rings. The van der Waals surface area contributed by atoms with E-state index < -0.39 is 0 Å². The summed E-state index contributed by atoms with van der Waals surface area (Å²) >= 11 is 0. The van der Waals surface area contributed by atoms with Gasteiger partial charge in [-0.15, -0.1) is 0 Å². The van der Waals surface area contributed by atoms with Gasteiger partial charge in [-0.2, -0.15) is 0 Å². The molecule has 3 rings (SSSR count). The van der Waals surface area contributed by atoms with E-state index >= 15 is 0 Å². The first kappa shape index (κ1) is 16.1. The van der Waals surface area contributed by atoms with Crippen LogP contribution in [0.1, 0.15) is 30.7 Å². The zero-order valence-corrected chi connectivity index (χ0v) is 13.9. The smallest absolute Gasteiger partial charge is 0.224 e. The van der Waals surface area contributed by atoms with E-state index in [0.29, 0.717) is 13.0 Å². The molecule has 1 amide bonds. The van der Waals surface area contributed by atoms with Crippen LogP contribution in [0, 0.1) is 6.92 Å². The zero-order valence-electron chi connectivity index (χ0n) is 13.9. The molecule has 0 aliphatic carbocycles. The minimum Gasteiger partial charge on any atom is -0.493 e. The van der Waals surface area contributed by atoms with Gasteiger partial charge in [0.05, 0.1) is 19.1 Å². The number of nitrogens with one attached hydrogen (secondary N) is 1. The Morgan fingerprint density at radius 3 is 2.71 bits per heavy atom. The number of rotatable bonds is 6. The van der Waals surface area contributed by atoms with Crippen LogP contribution in [0.2, 0.25) is 0 Å². The van der Waals surface area contributed by atoms with Crippen molar-refractivity contribution in [1.29, 1.82) is 0 Å². The first-order valence-electron chi connectivity index (χ1n) is 8.10. The van der Waals surface area contributed by atoms with E-state index in [2.05, 4.69) is 5.32 Å². The molecule has 1 atom stereocenters. The van der Waals surface area contributed by atoms with Crippen LogP contribution in [0.5, 0.6) is 5.75 Å². The highest BCUT2D eigenvalue weighted by atomic mass is 16.5. The highest BCUT2D eigenvalue weighted by Crippen LogP contribution is 2.23. The zero-order chi connectivity index (χ0) is 16.9. The van der Waals surface area contributed by atoms with Gasteiger partial charge in [-0.1, -0.05) is 36.4 Å². The molecule has 24 heavy (non-hydrogen) atoms. The van der Waals surface area contributed by atoms with Crippen molar-refractivity contribution in [2.75, 3.05) is 6.61 Å². The standard InChI is InChI=1S/C20H21NO3/c1-14-7-3-5-9-17(14)23-12-11-20(22)21-15(2)19-13-16-8-4-6-10-18(16)24-19/h3-10,13,15H,11-12H2,1-2H3,(H,21,22)/t15-/m0/s1. The molecule has 124 valence electrons. The minimum absolute atomic E-state index is 0.0588. The predicted molar refractivity (Wildman–Crippen MR) is 94.1 cm³/mol. The maximum Gasteiger partial charge on any atom is 0.224 e. The summed E-state index contributed by atoms with van der Waals surface area (Å²) in [4.78, 5) is 12.1. The van der Waals surface area contributed by atoms with E-state index in [9.17, 15) is 4.79 Å². The number of furan rings is 1. The number of amides is 1. The van der Waals surface area contributed by atoms with Gasteiger partial charge in [0.15, 0.2) is 0 Å². The molecule has 0 bridgehead atoms. The van der Waals surface area contributed by atoms with E-state index in [-0.39, 0.29) is 11.9 Å². The Bertz CT molecular complexity index is 805. The second-order valence-corrected chi connectivity index (χ2v) is 5.84. The van der Waals surface area contributed by atoms with Crippen molar-refractivity contribution in [3.63, 3.8) is 0 Å². The lowest BCUT2D eigenvalue weighted by Gasteiger charge is -2.12. The van der Waals surface area contributed by atoms with Gasteiger partial charge in [0.1, 0.15) is 17.1 Å². The summed E-state index contributed by atoms with van der Waals surface area (Å²) in [6, 6.07) is 17.4. The molecular formula is C20H21NO3. The summed E-state index contributed by atoms with van der Waals surface area (Å²) < 4.78 is 11.4. The maximum absolute atomic E-state index is 12.1. The van der Waals surface area contributed by atoms with Crippen molar-refractivity contribution in [2.45, 2.75) is 26.3 Å². The molecular weight excluding hydrogens is 302 g/mol. The first-order valence-corrected chi connectivity index (χ1v) is 8.10. The largest absolute Gasteiger partial charge is 0.493 e. The van der Waals surface area contributed by atoms with Gasteiger partial charge in [-0.25, -0.2) is 0 Å². The van der Waals surface area contributed by atoms with Gasteiger partial charge in [0, 0.05) is 5.39 Å². The number of ether oxygens (including phenoxy) is 1. The van der Waals surface area contributed by atoms with Crippen molar-refractivity contribution >= 4 is 16.9 Å². The van der Waals surface area contributed by atoms with Crippen molar-refractivity contribution in [3.8, 4) is 5.75 Å². The Morgan fingerprint density at radius 2 is 1.92 bits per heavy atom. The van der Waals surface area contributed by atoms with E-state index in [4.69, 9.17) is 9.15 Å². The number of benzene rings is 2. The Morgan fingerprint density at radius 1 is 1.17 bits per heavy atom. The number of hydrogen-bond acceptors (Lipinski definition) is 3. The van der Waals surface area contributed by atoms with Crippen LogP contribution in [-0.4, -0.2) is 12.5 Å². The first-order chi connectivity index (χ1) is 11.6. The summed E-state index contributed by atoms with van der Waals surface area (Å²) in [5.41, 5.74) is 1.89. The van der Waals surface area contributed by atoms with Crippen LogP contribution >= 0.6 is 0 Å². The Balaban J connectivity index is 1.51. The lowest BCUT2D eigenvalue weighted by atomic mass is 10.2. The van der Waals surface area contributed by atoms with Crippen LogP contribution in [0.25, 0.3) is 11.0 Å². The molecule has 0 saturated carbocycles. The molecule has 0 fully saturated rings. The molecule has 4 heteroatoms. The average Bonchev–Trinajstić information content (AvgIpc) is 3.01. The molecule has 1 N–H and O–H groups in total. The van der Waals surface area contributed by atoms with E-state index in [0.717, 1.165) is 28.0 Å². The Labute approximate surface area is 141 Å². The summed E-state index contributed by atoms with van der Waals surface area (Å²) in [7, 11) is 0. The van der Waals surface area contributed by atoms with E-state index in [1.807, 2.05) is 68.4 Å². The number of carbonyl (C=O) groups excluding carboxylic acids is 1. The second kappa shape index (κ2) is 7.21. The fraction of sp³-hybridized carbons (Fsp3) is 0.250. The van der Waals surface area contributed by atoms with Crippen molar-refractivity contribution in [3.05, 3.63) is 65.9 Å². The van der Waals surface area contributed by atoms with Crippen LogP contribution < -0.4 is 10.1 Å². The number of carbonyl (C=O) groups is 1. The summed E-state index contributed by atoms with van der Waals surface area (Å²) in [5, 5.41) is 3.98. The van der Waals surface area contributed by atoms with E-state index in [1.165, 1.54) is 0 Å². The van der Waals surface area contributed by atoms with Crippen LogP contribution in [0.15, 0.2) is 59.0 Å². The molecule has 1 heterocycles. The number of aryl methyl sites for hydroxylation is 1. The third kappa shape index (κ3) is 3.77. The third-order valence-corrected chi connectivity index (χ3v) is 3.93. The topological polar surface area (TPSA) is 51.5 Å². The number of fused-ring (bicyclic) bond motifs is 1. The SMILES string of the molecule is Cc1ccccc1OCCC(=O)N[C@@H](C)c1cc2ccccc2o1. The highest BCUT2D eigenvalue weighted by Gasteiger charge is 2.14. The van der Waals surface area contributed by atoms with Gasteiger partial charge in [-0.3, -0.25) is 4.79 Å². The van der Waals surface area contributed by atoms with Crippen molar-refractivity contribution < 1.29 is 13.9 Å². The molecule has 0 saturated heterocycles. The monoisotopic (exact) mass is 323 g/mol. The summed E-state index contributed by atoms with van der Waals surface area (Å²) in [5.74, 6) is 1.51. The quantitative estimate of drug-likeness (QED) is 0.732.